The Bertz CT molecular complexity index is 725. The molecule has 2 aromatic rings. The number of nitrogen functional groups attached to an aromatic ring is 1. The molecule has 2 heterocycles. The number of carbonyl (C=O) groups is 1. The zero-order valence-corrected chi connectivity index (χ0v) is 14.9. The molecule has 1 fully saturated rings. The fourth-order valence-corrected chi connectivity index (χ4v) is 2.45. The van der Waals surface area contributed by atoms with Crippen LogP contribution in [0, 0.1) is 6.92 Å². The monoisotopic (exact) mass is 360 g/mol. The van der Waals surface area contributed by atoms with Crippen molar-refractivity contribution in [3.63, 3.8) is 0 Å². The third-order valence-electron chi connectivity index (χ3n) is 3.45. The Kier molecular flexibility index (Phi) is 6.91. The Morgan fingerprint density at radius 2 is 2.04 bits per heavy atom. The van der Waals surface area contributed by atoms with Crippen LogP contribution in [0.3, 0.4) is 0 Å². The third-order valence-corrected chi connectivity index (χ3v) is 3.69. The summed E-state index contributed by atoms with van der Waals surface area (Å²) in [5.74, 6) is 1.08. The van der Waals surface area contributed by atoms with E-state index in [9.17, 15) is 4.79 Å². The summed E-state index contributed by atoms with van der Waals surface area (Å²) in [7, 11) is 0. The summed E-state index contributed by atoms with van der Waals surface area (Å²) in [5.41, 5.74) is 7.37. The number of nitrogens with zero attached hydrogens (tertiary/aromatic N) is 3. The van der Waals surface area contributed by atoms with Gasteiger partial charge in [0.15, 0.2) is 5.82 Å². The van der Waals surface area contributed by atoms with Gasteiger partial charge in [-0.15, -0.1) is 0 Å². The van der Waals surface area contributed by atoms with Crippen molar-refractivity contribution < 1.29 is 9.53 Å². The normalized spacial score (nSPS) is 13.6. The number of aryl methyl sites for hydroxylation is 1. The molecule has 1 aromatic carbocycles. The number of halogens is 1. The molecule has 0 saturated carbocycles. The number of hydrogen-bond acceptors (Lipinski definition) is 5. The minimum absolute atomic E-state index is 0.00306. The minimum Gasteiger partial charge on any atom is -0.384 e. The van der Waals surface area contributed by atoms with Gasteiger partial charge in [0.05, 0.1) is 13.2 Å². The van der Waals surface area contributed by atoms with Gasteiger partial charge in [-0.3, -0.25) is 4.79 Å². The maximum Gasteiger partial charge on any atom is 0.246 e. The van der Waals surface area contributed by atoms with Gasteiger partial charge >= 0.3 is 0 Å². The highest BCUT2D eigenvalue weighted by atomic mass is 35.5. The first-order valence-electron chi connectivity index (χ1n) is 7.86. The lowest BCUT2D eigenvalue weighted by atomic mass is 10.2. The fourth-order valence-electron chi connectivity index (χ4n) is 2.26. The van der Waals surface area contributed by atoms with E-state index in [1.165, 1.54) is 6.08 Å². The largest absolute Gasteiger partial charge is 0.384 e. The van der Waals surface area contributed by atoms with Gasteiger partial charge in [-0.05, 0) is 25.1 Å². The van der Waals surface area contributed by atoms with Gasteiger partial charge in [0, 0.05) is 35.4 Å². The first-order chi connectivity index (χ1) is 12.0. The van der Waals surface area contributed by atoms with Crippen molar-refractivity contribution in [3.05, 3.63) is 53.7 Å². The molecule has 1 saturated heterocycles. The molecule has 1 aromatic heterocycles. The predicted molar refractivity (Wildman–Crippen MR) is 99.2 cm³/mol. The maximum absolute atomic E-state index is 10.9. The summed E-state index contributed by atoms with van der Waals surface area (Å²) < 4.78 is 5.07. The summed E-state index contributed by atoms with van der Waals surface area (Å²) in [5, 5.41) is 0.663. The molecule has 6 nitrogen and oxygen atoms in total. The fraction of sp³-hybridized carbons (Fsp3) is 0.278. The van der Waals surface area contributed by atoms with Crippen LogP contribution in [0.5, 0.6) is 0 Å². The van der Waals surface area contributed by atoms with Crippen LogP contribution in [0.2, 0.25) is 5.02 Å². The van der Waals surface area contributed by atoms with E-state index in [0.717, 1.165) is 11.3 Å². The van der Waals surface area contributed by atoms with Gasteiger partial charge in [0.2, 0.25) is 5.91 Å². The first kappa shape index (κ1) is 18.9. The highest BCUT2D eigenvalue weighted by Gasteiger charge is 2.12. The van der Waals surface area contributed by atoms with Crippen molar-refractivity contribution in [3.8, 4) is 11.4 Å². The van der Waals surface area contributed by atoms with Crippen molar-refractivity contribution in [1.29, 1.82) is 0 Å². The Labute approximate surface area is 152 Å². The standard InChI is InChI=1S/C11H10ClN3.C7H11NO2/c1-7-5-10(13)15-11(14-7)8-3-2-4-9(12)6-8;1-2-7(9)8-3-5-10-6-4-8/h2-6H,1H3,(H2,13,14,15);2H,1,3-6H2. The molecule has 25 heavy (non-hydrogen) atoms. The van der Waals surface area contributed by atoms with Crippen LogP contribution in [-0.2, 0) is 9.53 Å². The van der Waals surface area contributed by atoms with E-state index >= 15 is 0 Å². The lowest BCUT2D eigenvalue weighted by Crippen LogP contribution is -2.39. The molecule has 3 rings (SSSR count). The first-order valence-corrected chi connectivity index (χ1v) is 8.23. The van der Waals surface area contributed by atoms with E-state index in [2.05, 4.69) is 16.5 Å². The van der Waals surface area contributed by atoms with Gasteiger partial charge < -0.3 is 15.4 Å². The molecule has 0 radical (unpaired) electrons. The Morgan fingerprint density at radius 1 is 1.32 bits per heavy atom. The molecular weight excluding hydrogens is 340 g/mol. The Balaban J connectivity index is 0.000000196. The van der Waals surface area contributed by atoms with Crippen molar-refractivity contribution in [2.45, 2.75) is 6.92 Å². The van der Waals surface area contributed by atoms with Gasteiger partial charge in [-0.1, -0.05) is 30.3 Å². The average molecular weight is 361 g/mol. The van der Waals surface area contributed by atoms with Crippen LogP contribution in [-0.4, -0.2) is 47.1 Å². The summed E-state index contributed by atoms with van der Waals surface area (Å²) in [6.45, 7) is 7.99. The molecular formula is C18H21ClN4O2. The number of amides is 1. The smallest absolute Gasteiger partial charge is 0.246 e. The highest BCUT2D eigenvalue weighted by molar-refractivity contribution is 6.30. The van der Waals surface area contributed by atoms with Gasteiger partial charge in [-0.25, -0.2) is 9.97 Å². The van der Waals surface area contributed by atoms with Crippen molar-refractivity contribution >= 4 is 23.3 Å². The number of anilines is 1. The number of benzene rings is 1. The van der Waals surface area contributed by atoms with Gasteiger partial charge in [0.25, 0.3) is 0 Å². The van der Waals surface area contributed by atoms with Crippen LogP contribution in [0.4, 0.5) is 5.82 Å². The molecule has 0 unspecified atom stereocenters. The SMILES string of the molecule is C=CC(=O)N1CCOCC1.Cc1cc(N)nc(-c2cccc(Cl)c2)n1. The van der Waals surface area contributed by atoms with E-state index < -0.39 is 0 Å². The summed E-state index contributed by atoms with van der Waals surface area (Å²) in [4.78, 5) is 21.1. The maximum atomic E-state index is 10.9. The number of ether oxygens (including phenoxy) is 1. The second kappa shape index (κ2) is 9.15. The molecule has 0 aliphatic carbocycles. The van der Waals surface area contributed by atoms with Crippen LogP contribution in [0.15, 0.2) is 43.0 Å². The molecule has 7 heteroatoms. The van der Waals surface area contributed by atoms with Crippen LogP contribution < -0.4 is 5.73 Å². The number of aromatic nitrogens is 2. The summed E-state index contributed by atoms with van der Waals surface area (Å²) in [6.07, 6.45) is 1.34. The lowest BCUT2D eigenvalue weighted by Gasteiger charge is -2.25. The quantitative estimate of drug-likeness (QED) is 0.833. The van der Waals surface area contributed by atoms with Crippen molar-refractivity contribution in [2.24, 2.45) is 0 Å². The predicted octanol–water partition coefficient (Wildman–Crippen LogP) is 2.72. The number of morpholine rings is 1. The van der Waals surface area contributed by atoms with E-state index in [1.807, 2.05) is 31.2 Å². The highest BCUT2D eigenvalue weighted by Crippen LogP contribution is 2.20. The number of hydrogen-bond donors (Lipinski definition) is 1. The second-order valence-corrected chi connectivity index (χ2v) is 5.85. The Morgan fingerprint density at radius 3 is 2.64 bits per heavy atom. The van der Waals surface area contributed by atoms with Crippen LogP contribution in [0.1, 0.15) is 5.69 Å². The molecule has 1 aliphatic heterocycles. The lowest BCUT2D eigenvalue weighted by molar-refractivity contribution is -0.129. The molecule has 2 N–H and O–H groups in total. The van der Waals surface area contributed by atoms with E-state index in [-0.39, 0.29) is 5.91 Å². The molecule has 132 valence electrons. The zero-order valence-electron chi connectivity index (χ0n) is 14.1. The van der Waals surface area contributed by atoms with Crippen LogP contribution >= 0.6 is 11.6 Å². The van der Waals surface area contributed by atoms with Crippen molar-refractivity contribution in [1.82, 2.24) is 14.9 Å². The second-order valence-electron chi connectivity index (χ2n) is 5.41. The third kappa shape index (κ3) is 5.85. The van der Waals surface area contributed by atoms with Crippen LogP contribution in [0.25, 0.3) is 11.4 Å². The number of carbonyl (C=O) groups excluding carboxylic acids is 1. The van der Waals surface area contributed by atoms with Crippen molar-refractivity contribution in [2.75, 3.05) is 32.0 Å². The van der Waals surface area contributed by atoms with Gasteiger partial charge in [-0.2, -0.15) is 0 Å². The average Bonchev–Trinajstić information content (AvgIpc) is 2.61. The number of rotatable bonds is 2. The Hall–Kier alpha value is -2.44. The molecule has 1 aliphatic rings. The zero-order chi connectivity index (χ0) is 18.2. The van der Waals surface area contributed by atoms with E-state index in [4.69, 9.17) is 22.1 Å². The van der Waals surface area contributed by atoms with E-state index in [0.29, 0.717) is 43.0 Å². The topological polar surface area (TPSA) is 81.3 Å². The van der Waals surface area contributed by atoms with Gasteiger partial charge in [0.1, 0.15) is 5.82 Å². The number of nitrogens with two attached hydrogens (primary N) is 1. The minimum atomic E-state index is 0.00306. The molecule has 0 spiro atoms. The molecule has 0 bridgehead atoms. The summed E-state index contributed by atoms with van der Waals surface area (Å²) >= 11 is 5.89. The van der Waals surface area contributed by atoms with E-state index in [1.54, 1.807) is 11.0 Å². The molecule has 0 atom stereocenters. The molecule has 1 amide bonds. The summed E-state index contributed by atoms with van der Waals surface area (Å²) in [6, 6.07) is 9.12.